The van der Waals surface area contributed by atoms with E-state index in [4.69, 9.17) is 15.8 Å². The van der Waals surface area contributed by atoms with Gasteiger partial charge in [0.1, 0.15) is 11.7 Å². The van der Waals surface area contributed by atoms with Crippen molar-refractivity contribution in [3.05, 3.63) is 35.6 Å². The van der Waals surface area contributed by atoms with Gasteiger partial charge in [0.2, 0.25) is 0 Å². The van der Waals surface area contributed by atoms with Gasteiger partial charge in [-0.15, -0.1) is 0 Å². The predicted molar refractivity (Wildman–Crippen MR) is 49.5 cm³/mol. The zero-order chi connectivity index (χ0) is 11.3. The van der Waals surface area contributed by atoms with Gasteiger partial charge in [0.15, 0.2) is 5.92 Å². The van der Waals surface area contributed by atoms with Crippen LogP contribution < -0.4 is 0 Å². The fourth-order valence-corrected chi connectivity index (χ4v) is 1.23. The molecule has 1 atom stereocenters. The van der Waals surface area contributed by atoms with Crippen molar-refractivity contribution in [2.24, 2.45) is 5.92 Å². The summed E-state index contributed by atoms with van der Waals surface area (Å²) in [5, 5.41) is 26.1. The number of rotatable bonds is 2. The van der Waals surface area contributed by atoms with E-state index < -0.39 is 17.7 Å². The number of benzene rings is 1. The first-order chi connectivity index (χ1) is 7.24. The van der Waals surface area contributed by atoms with Crippen LogP contribution in [0.4, 0.5) is 4.39 Å². The molecule has 0 aliphatic heterocycles. The maximum Gasteiger partial charge on any atom is 0.153 e. The number of nitrogens with zero attached hydrogens (tertiary/aromatic N) is 3. The second-order valence-corrected chi connectivity index (χ2v) is 2.86. The molecule has 0 fully saturated rings. The quantitative estimate of drug-likeness (QED) is 0.732. The van der Waals surface area contributed by atoms with Gasteiger partial charge in [-0.25, -0.2) is 4.39 Å². The maximum absolute atomic E-state index is 13.3. The third kappa shape index (κ3) is 2.10. The van der Waals surface area contributed by atoms with Gasteiger partial charge in [-0.05, 0) is 6.07 Å². The molecule has 0 unspecified atom stereocenters. The number of hydrogen-bond acceptors (Lipinski definition) is 3. The lowest BCUT2D eigenvalue weighted by Gasteiger charge is -2.09. The van der Waals surface area contributed by atoms with Crippen molar-refractivity contribution in [1.29, 1.82) is 15.8 Å². The van der Waals surface area contributed by atoms with Crippen molar-refractivity contribution in [3.8, 4) is 18.2 Å². The van der Waals surface area contributed by atoms with Crippen molar-refractivity contribution >= 4 is 0 Å². The van der Waals surface area contributed by atoms with Crippen molar-refractivity contribution in [2.75, 3.05) is 0 Å². The highest BCUT2D eigenvalue weighted by atomic mass is 19.1. The predicted octanol–water partition coefficient (Wildman–Crippen LogP) is 2.10. The van der Waals surface area contributed by atoms with Crippen LogP contribution in [-0.2, 0) is 0 Å². The smallest absolute Gasteiger partial charge is 0.153 e. The lowest BCUT2D eigenvalue weighted by atomic mass is 9.89. The van der Waals surface area contributed by atoms with E-state index in [9.17, 15) is 4.39 Å². The molecule has 72 valence electrons. The van der Waals surface area contributed by atoms with E-state index in [0.29, 0.717) is 0 Å². The van der Waals surface area contributed by atoms with Gasteiger partial charge in [-0.1, -0.05) is 18.2 Å². The number of hydrogen-bond donors (Lipinski definition) is 0. The molecule has 3 nitrogen and oxygen atoms in total. The first-order valence-corrected chi connectivity index (χ1v) is 4.18. The Morgan fingerprint density at radius 3 is 2.07 bits per heavy atom. The van der Waals surface area contributed by atoms with Crippen LogP contribution >= 0.6 is 0 Å². The van der Waals surface area contributed by atoms with Gasteiger partial charge >= 0.3 is 0 Å². The minimum absolute atomic E-state index is 0.0908. The summed E-state index contributed by atoms with van der Waals surface area (Å²) >= 11 is 0. The summed E-state index contributed by atoms with van der Waals surface area (Å²) in [6.07, 6.45) is 0. The van der Waals surface area contributed by atoms with Crippen molar-refractivity contribution < 1.29 is 4.39 Å². The van der Waals surface area contributed by atoms with E-state index in [1.807, 2.05) is 0 Å². The third-order valence-corrected chi connectivity index (χ3v) is 1.99. The molecule has 0 spiro atoms. The van der Waals surface area contributed by atoms with E-state index in [-0.39, 0.29) is 5.56 Å². The topological polar surface area (TPSA) is 71.4 Å². The zero-order valence-electron chi connectivity index (χ0n) is 7.68. The summed E-state index contributed by atoms with van der Waals surface area (Å²) in [5.74, 6) is -2.76. The first-order valence-electron chi connectivity index (χ1n) is 4.18. The second-order valence-electron chi connectivity index (χ2n) is 2.86. The molecule has 0 aliphatic rings. The van der Waals surface area contributed by atoms with Gasteiger partial charge < -0.3 is 0 Å². The fraction of sp³-hybridized carbons (Fsp3) is 0.182. The van der Waals surface area contributed by atoms with E-state index in [1.165, 1.54) is 18.2 Å². The maximum atomic E-state index is 13.3. The molecule has 0 heterocycles. The molecule has 0 aliphatic carbocycles. The minimum Gasteiger partial charge on any atom is -0.207 e. The van der Waals surface area contributed by atoms with Crippen LogP contribution in [0.3, 0.4) is 0 Å². The number of halogens is 1. The zero-order valence-corrected chi connectivity index (χ0v) is 7.68. The van der Waals surface area contributed by atoms with Crippen LogP contribution in [0.5, 0.6) is 0 Å². The molecule has 0 aromatic heterocycles. The Kier molecular flexibility index (Phi) is 3.38. The number of nitriles is 3. The summed E-state index contributed by atoms with van der Waals surface area (Å²) in [7, 11) is 0. The Morgan fingerprint density at radius 1 is 1.00 bits per heavy atom. The first kappa shape index (κ1) is 10.7. The normalized spacial score (nSPS) is 11.1. The molecule has 0 radical (unpaired) electrons. The van der Waals surface area contributed by atoms with Crippen LogP contribution in [0.1, 0.15) is 11.5 Å². The monoisotopic (exact) mass is 199 g/mol. The van der Waals surface area contributed by atoms with Gasteiger partial charge in [-0.3, -0.25) is 0 Å². The molecule has 0 N–H and O–H groups in total. The summed E-state index contributed by atoms with van der Waals surface area (Å²) in [5.41, 5.74) is 0.0908. The Bertz CT molecular complexity index is 462. The Balaban J connectivity index is 3.17. The molecule has 1 rings (SSSR count). The van der Waals surface area contributed by atoms with Crippen molar-refractivity contribution in [3.63, 3.8) is 0 Å². The van der Waals surface area contributed by atoms with Gasteiger partial charge in [-0.2, -0.15) is 15.8 Å². The fourth-order valence-electron chi connectivity index (χ4n) is 1.23. The standard InChI is InChI=1S/C11H6FN3/c12-11-4-2-1-3-9(11)10(7-15)8(5-13)6-14/h1-4,8,10H/t10-/m0/s1. The van der Waals surface area contributed by atoms with Crippen LogP contribution in [0, 0.1) is 45.7 Å². The Labute approximate surface area is 86.6 Å². The Hall–Kier alpha value is -2.38. The van der Waals surface area contributed by atoms with Crippen LogP contribution in [0.15, 0.2) is 24.3 Å². The third-order valence-electron chi connectivity index (χ3n) is 1.99. The lowest BCUT2D eigenvalue weighted by molar-refractivity contribution is 0.589. The lowest BCUT2D eigenvalue weighted by Crippen LogP contribution is -2.09. The van der Waals surface area contributed by atoms with Gasteiger partial charge in [0, 0.05) is 5.56 Å². The molecule has 0 saturated carbocycles. The molecular formula is C11H6FN3. The molecule has 1 aromatic rings. The molecule has 0 bridgehead atoms. The largest absolute Gasteiger partial charge is 0.207 e. The average molecular weight is 199 g/mol. The summed E-state index contributed by atoms with van der Waals surface area (Å²) in [4.78, 5) is 0. The van der Waals surface area contributed by atoms with E-state index >= 15 is 0 Å². The summed E-state index contributed by atoms with van der Waals surface area (Å²) in [6, 6.07) is 10.8. The van der Waals surface area contributed by atoms with Gasteiger partial charge in [0.05, 0.1) is 18.2 Å². The highest BCUT2D eigenvalue weighted by Gasteiger charge is 2.24. The molecule has 0 amide bonds. The minimum atomic E-state index is -1.15. The van der Waals surface area contributed by atoms with Crippen molar-refractivity contribution in [1.82, 2.24) is 0 Å². The van der Waals surface area contributed by atoms with Gasteiger partial charge in [0.25, 0.3) is 0 Å². The highest BCUT2D eigenvalue weighted by Crippen LogP contribution is 2.25. The molecular weight excluding hydrogens is 193 g/mol. The van der Waals surface area contributed by atoms with Crippen LogP contribution in [0.25, 0.3) is 0 Å². The van der Waals surface area contributed by atoms with Crippen LogP contribution in [0.2, 0.25) is 0 Å². The Morgan fingerprint density at radius 2 is 1.60 bits per heavy atom. The summed E-state index contributed by atoms with van der Waals surface area (Å²) in [6.45, 7) is 0. The van der Waals surface area contributed by atoms with Crippen LogP contribution in [-0.4, -0.2) is 0 Å². The van der Waals surface area contributed by atoms with E-state index in [0.717, 1.165) is 0 Å². The summed E-state index contributed by atoms with van der Waals surface area (Å²) < 4.78 is 13.3. The molecule has 1 aromatic carbocycles. The SMILES string of the molecule is N#CC(C#N)[C@H](C#N)c1ccccc1F. The van der Waals surface area contributed by atoms with Crippen molar-refractivity contribution in [2.45, 2.75) is 5.92 Å². The average Bonchev–Trinajstić information content (AvgIpc) is 2.27. The molecule has 4 heteroatoms. The van der Waals surface area contributed by atoms with E-state index in [2.05, 4.69) is 0 Å². The van der Waals surface area contributed by atoms with E-state index in [1.54, 1.807) is 24.3 Å². The molecule has 15 heavy (non-hydrogen) atoms. The highest BCUT2D eigenvalue weighted by molar-refractivity contribution is 5.31. The second kappa shape index (κ2) is 4.74. The molecule has 0 saturated heterocycles.